The largest absolute Gasteiger partial charge is 0.383 e. The van der Waals surface area contributed by atoms with Crippen LogP contribution in [0, 0.1) is 0 Å². The Morgan fingerprint density at radius 2 is 2.00 bits per heavy atom. The predicted octanol–water partition coefficient (Wildman–Crippen LogP) is 2.48. The first-order chi connectivity index (χ1) is 12.3. The molecule has 0 radical (unpaired) electrons. The molecule has 4 heterocycles. The summed E-state index contributed by atoms with van der Waals surface area (Å²) >= 11 is 0. The summed E-state index contributed by atoms with van der Waals surface area (Å²) in [7, 11) is 0. The summed E-state index contributed by atoms with van der Waals surface area (Å²) in [6.07, 6.45) is 7.81. The Morgan fingerprint density at radius 3 is 2.88 bits per heavy atom. The summed E-state index contributed by atoms with van der Waals surface area (Å²) in [4.78, 5) is 11.7. The van der Waals surface area contributed by atoms with Crippen LogP contribution in [-0.2, 0) is 0 Å². The maximum atomic E-state index is 6.06. The predicted molar refractivity (Wildman–Crippen MR) is 98.2 cm³/mol. The molecule has 1 fully saturated rings. The average molecular weight is 333 g/mol. The second kappa shape index (κ2) is 5.56. The Bertz CT molecular complexity index is 1060. The molecule has 126 valence electrons. The first-order valence-electron chi connectivity index (χ1n) is 8.57. The van der Waals surface area contributed by atoms with Crippen LogP contribution in [0.3, 0.4) is 0 Å². The Morgan fingerprint density at radius 1 is 1.12 bits per heavy atom. The molecule has 7 heteroatoms. The number of aromatic nitrogens is 5. The van der Waals surface area contributed by atoms with Crippen molar-refractivity contribution in [1.82, 2.24) is 30.0 Å². The third-order valence-corrected chi connectivity index (χ3v) is 5.04. The minimum absolute atomic E-state index is 0.482. The van der Waals surface area contributed by atoms with Gasteiger partial charge in [-0.1, -0.05) is 6.07 Å². The molecule has 0 spiro atoms. The van der Waals surface area contributed by atoms with Gasteiger partial charge in [-0.2, -0.15) is 5.10 Å². The SMILES string of the molecule is Nc1ncnc2[nH]c3ccc(-c4cnn(C5CCNCC5)c4)cc3c12. The zero-order chi connectivity index (χ0) is 16.8. The minimum atomic E-state index is 0.482. The van der Waals surface area contributed by atoms with Gasteiger partial charge in [0.25, 0.3) is 0 Å². The highest BCUT2D eigenvalue weighted by Gasteiger charge is 2.16. The van der Waals surface area contributed by atoms with E-state index < -0.39 is 0 Å². The lowest BCUT2D eigenvalue weighted by Crippen LogP contribution is -2.29. The monoisotopic (exact) mass is 333 g/mol. The maximum Gasteiger partial charge on any atom is 0.143 e. The number of nitrogens with zero attached hydrogens (tertiary/aromatic N) is 4. The molecule has 1 aromatic carbocycles. The fraction of sp³-hybridized carbons (Fsp3) is 0.278. The van der Waals surface area contributed by atoms with Gasteiger partial charge in [0, 0.05) is 22.7 Å². The topological polar surface area (TPSA) is 97.4 Å². The number of H-pyrrole nitrogens is 1. The van der Waals surface area contributed by atoms with E-state index in [2.05, 4.69) is 54.4 Å². The summed E-state index contributed by atoms with van der Waals surface area (Å²) in [6, 6.07) is 6.78. The summed E-state index contributed by atoms with van der Waals surface area (Å²) < 4.78 is 2.10. The third kappa shape index (κ3) is 2.35. The number of anilines is 1. The number of aromatic amines is 1. The van der Waals surface area contributed by atoms with Gasteiger partial charge in [0.05, 0.1) is 17.6 Å². The van der Waals surface area contributed by atoms with Crippen LogP contribution >= 0.6 is 0 Å². The third-order valence-electron chi connectivity index (χ3n) is 5.04. The number of hydrogen-bond donors (Lipinski definition) is 3. The Labute approximate surface area is 144 Å². The minimum Gasteiger partial charge on any atom is -0.383 e. The number of nitrogens with one attached hydrogen (secondary N) is 2. The van der Waals surface area contributed by atoms with E-state index in [9.17, 15) is 0 Å². The highest BCUT2D eigenvalue weighted by atomic mass is 15.3. The molecule has 0 bridgehead atoms. The van der Waals surface area contributed by atoms with Gasteiger partial charge in [0.2, 0.25) is 0 Å². The molecule has 0 unspecified atom stereocenters. The smallest absolute Gasteiger partial charge is 0.143 e. The molecule has 0 amide bonds. The van der Waals surface area contributed by atoms with E-state index in [-0.39, 0.29) is 0 Å². The number of rotatable bonds is 2. The van der Waals surface area contributed by atoms with Gasteiger partial charge in [-0.25, -0.2) is 9.97 Å². The molecule has 0 atom stereocenters. The zero-order valence-corrected chi connectivity index (χ0v) is 13.7. The Kier molecular flexibility index (Phi) is 3.21. The van der Waals surface area contributed by atoms with E-state index in [4.69, 9.17) is 5.73 Å². The lowest BCUT2D eigenvalue weighted by atomic mass is 10.1. The van der Waals surface area contributed by atoms with E-state index in [1.165, 1.54) is 6.33 Å². The molecule has 4 aromatic rings. The number of nitrogen functional groups attached to an aromatic ring is 1. The van der Waals surface area contributed by atoms with Crippen LogP contribution in [0.4, 0.5) is 5.82 Å². The van der Waals surface area contributed by atoms with Crippen molar-refractivity contribution in [1.29, 1.82) is 0 Å². The number of fused-ring (bicyclic) bond motifs is 3. The van der Waals surface area contributed by atoms with E-state index in [1.54, 1.807) is 0 Å². The van der Waals surface area contributed by atoms with Crippen LogP contribution in [0.15, 0.2) is 36.9 Å². The molecule has 0 saturated carbocycles. The van der Waals surface area contributed by atoms with Crippen LogP contribution in [0.25, 0.3) is 33.1 Å². The molecule has 0 aliphatic carbocycles. The molecular formula is C18H19N7. The van der Waals surface area contributed by atoms with E-state index >= 15 is 0 Å². The molecule has 3 aromatic heterocycles. The summed E-state index contributed by atoms with van der Waals surface area (Å²) in [6.45, 7) is 2.11. The number of nitrogens with two attached hydrogens (primary N) is 1. The fourth-order valence-electron chi connectivity index (χ4n) is 3.68. The van der Waals surface area contributed by atoms with Gasteiger partial charge in [-0.3, -0.25) is 4.68 Å². The van der Waals surface area contributed by atoms with Gasteiger partial charge in [-0.05, 0) is 43.6 Å². The normalized spacial score (nSPS) is 16.0. The highest BCUT2D eigenvalue weighted by molar-refractivity contribution is 6.11. The second-order valence-electron chi connectivity index (χ2n) is 6.56. The molecular weight excluding hydrogens is 314 g/mol. The number of piperidine rings is 1. The molecule has 4 N–H and O–H groups in total. The maximum absolute atomic E-state index is 6.06. The average Bonchev–Trinajstić information content (AvgIpc) is 3.27. The Hall–Kier alpha value is -2.93. The summed E-state index contributed by atoms with van der Waals surface area (Å²) in [5.74, 6) is 0.499. The van der Waals surface area contributed by atoms with Gasteiger partial charge in [0.1, 0.15) is 17.8 Å². The van der Waals surface area contributed by atoms with Gasteiger partial charge >= 0.3 is 0 Å². The molecule has 7 nitrogen and oxygen atoms in total. The standard InChI is InChI=1S/C18H19N7/c19-17-16-14-7-11(1-2-15(14)24-18(16)22-10-21-17)12-8-23-25(9-12)13-3-5-20-6-4-13/h1-2,7-10,13,20H,3-6H2,(H3,19,21,22,24). The molecule has 1 saturated heterocycles. The van der Waals surface area contributed by atoms with Crippen LogP contribution < -0.4 is 11.1 Å². The molecule has 5 rings (SSSR count). The van der Waals surface area contributed by atoms with Crippen LogP contribution in [0.2, 0.25) is 0 Å². The van der Waals surface area contributed by atoms with Crippen molar-refractivity contribution in [3.05, 3.63) is 36.9 Å². The summed E-state index contributed by atoms with van der Waals surface area (Å²) in [5, 5.41) is 9.91. The van der Waals surface area contributed by atoms with Crippen LogP contribution in [0.1, 0.15) is 18.9 Å². The lowest BCUT2D eigenvalue weighted by molar-refractivity contribution is 0.343. The Balaban J connectivity index is 1.59. The first kappa shape index (κ1) is 14.4. The number of benzene rings is 1. The number of hydrogen-bond acceptors (Lipinski definition) is 5. The van der Waals surface area contributed by atoms with Gasteiger partial charge < -0.3 is 16.0 Å². The van der Waals surface area contributed by atoms with Crippen molar-refractivity contribution in [2.24, 2.45) is 0 Å². The van der Waals surface area contributed by atoms with Crippen molar-refractivity contribution in [2.45, 2.75) is 18.9 Å². The second-order valence-corrected chi connectivity index (χ2v) is 6.56. The highest BCUT2D eigenvalue weighted by Crippen LogP contribution is 2.31. The quantitative estimate of drug-likeness (QED) is 0.523. The summed E-state index contributed by atoms with van der Waals surface area (Å²) in [5.41, 5.74) is 10.1. The fourth-order valence-corrected chi connectivity index (χ4v) is 3.68. The van der Waals surface area contributed by atoms with Crippen molar-refractivity contribution in [2.75, 3.05) is 18.8 Å². The van der Waals surface area contributed by atoms with Crippen molar-refractivity contribution in [3.8, 4) is 11.1 Å². The zero-order valence-electron chi connectivity index (χ0n) is 13.7. The lowest BCUT2D eigenvalue weighted by Gasteiger charge is -2.22. The molecule has 1 aliphatic rings. The van der Waals surface area contributed by atoms with E-state index in [0.29, 0.717) is 11.9 Å². The molecule has 25 heavy (non-hydrogen) atoms. The van der Waals surface area contributed by atoms with Crippen LogP contribution in [0.5, 0.6) is 0 Å². The molecule has 1 aliphatic heterocycles. The van der Waals surface area contributed by atoms with Gasteiger partial charge in [-0.15, -0.1) is 0 Å². The van der Waals surface area contributed by atoms with E-state index in [0.717, 1.165) is 59.0 Å². The van der Waals surface area contributed by atoms with E-state index in [1.807, 2.05) is 6.20 Å². The first-order valence-corrected chi connectivity index (χ1v) is 8.57. The van der Waals surface area contributed by atoms with Crippen LogP contribution in [-0.4, -0.2) is 37.8 Å². The van der Waals surface area contributed by atoms with Crippen molar-refractivity contribution in [3.63, 3.8) is 0 Å². The van der Waals surface area contributed by atoms with Gasteiger partial charge in [0.15, 0.2) is 0 Å². The van der Waals surface area contributed by atoms with Crippen molar-refractivity contribution >= 4 is 27.8 Å². The van der Waals surface area contributed by atoms with Crippen molar-refractivity contribution < 1.29 is 0 Å².